The summed E-state index contributed by atoms with van der Waals surface area (Å²) < 4.78 is 5.75. The summed E-state index contributed by atoms with van der Waals surface area (Å²) in [7, 11) is 0. The van der Waals surface area contributed by atoms with Gasteiger partial charge in [0.05, 0.1) is 18.5 Å². The Labute approximate surface area is 180 Å². The number of carboxylic acid groups (broad SMARTS) is 1. The maximum Gasteiger partial charge on any atom is 0.305 e. The number of carboxylic acids is 1. The van der Waals surface area contributed by atoms with Crippen molar-refractivity contribution >= 4 is 22.7 Å². The van der Waals surface area contributed by atoms with Crippen molar-refractivity contribution < 1.29 is 14.6 Å². The molecule has 0 aliphatic carbocycles. The van der Waals surface area contributed by atoms with Crippen molar-refractivity contribution in [3.63, 3.8) is 0 Å². The molecule has 4 aromatic rings. The summed E-state index contributed by atoms with van der Waals surface area (Å²) in [5.74, 6) is 1.22. The molecule has 4 rings (SSSR count). The lowest BCUT2D eigenvalue weighted by Gasteiger charge is -2.12. The van der Waals surface area contributed by atoms with Gasteiger partial charge in [-0.15, -0.1) is 0 Å². The largest absolute Gasteiger partial charge is 0.493 e. The van der Waals surface area contributed by atoms with Crippen LogP contribution in [0.15, 0.2) is 72.8 Å². The number of para-hydroxylation sites is 2. The average Bonchev–Trinajstić information content (AvgIpc) is 2.79. The van der Waals surface area contributed by atoms with Gasteiger partial charge >= 0.3 is 5.97 Å². The van der Waals surface area contributed by atoms with E-state index in [9.17, 15) is 4.79 Å². The number of carbonyl (C=O) groups is 1. The first-order valence-corrected chi connectivity index (χ1v) is 10.2. The summed E-state index contributed by atoms with van der Waals surface area (Å²) in [6.07, 6.45) is 0.0155. The summed E-state index contributed by atoms with van der Waals surface area (Å²) in [6.45, 7) is 2.87. The van der Waals surface area contributed by atoms with Crippen molar-refractivity contribution in [3.8, 4) is 28.3 Å². The number of benzene rings is 3. The van der Waals surface area contributed by atoms with Crippen LogP contribution in [0.5, 0.6) is 5.75 Å². The Morgan fingerprint density at radius 3 is 2.42 bits per heavy atom. The third-order valence-electron chi connectivity index (χ3n) is 4.88. The molecule has 0 unspecified atom stereocenters. The van der Waals surface area contributed by atoms with Gasteiger partial charge in [0, 0.05) is 23.1 Å². The molecule has 0 fully saturated rings. The first kappa shape index (κ1) is 20.3. The first-order chi connectivity index (χ1) is 15.2. The minimum Gasteiger partial charge on any atom is -0.493 e. The molecule has 0 bridgehead atoms. The van der Waals surface area contributed by atoms with Crippen LogP contribution in [0.4, 0.5) is 5.82 Å². The summed E-state index contributed by atoms with van der Waals surface area (Å²) in [5, 5.41) is 12.9. The van der Waals surface area contributed by atoms with Gasteiger partial charge < -0.3 is 15.2 Å². The third-order valence-corrected chi connectivity index (χ3v) is 4.88. The Balaban J connectivity index is 1.68. The monoisotopic (exact) mass is 413 g/mol. The van der Waals surface area contributed by atoms with Crippen molar-refractivity contribution in [1.82, 2.24) is 9.97 Å². The van der Waals surface area contributed by atoms with Gasteiger partial charge in [0.25, 0.3) is 0 Å². The summed E-state index contributed by atoms with van der Waals surface area (Å²) in [4.78, 5) is 20.3. The molecule has 31 heavy (non-hydrogen) atoms. The van der Waals surface area contributed by atoms with Gasteiger partial charge in [0.2, 0.25) is 0 Å². The van der Waals surface area contributed by atoms with E-state index in [1.807, 2.05) is 79.7 Å². The molecule has 1 aromatic heterocycles. The van der Waals surface area contributed by atoms with Crippen molar-refractivity contribution in [2.45, 2.75) is 13.3 Å². The molecule has 0 atom stereocenters. The lowest BCUT2D eigenvalue weighted by Crippen LogP contribution is -2.09. The van der Waals surface area contributed by atoms with Crippen LogP contribution in [-0.2, 0) is 4.79 Å². The van der Waals surface area contributed by atoms with E-state index in [-0.39, 0.29) is 6.42 Å². The number of aromatic nitrogens is 2. The fourth-order valence-electron chi connectivity index (χ4n) is 3.41. The van der Waals surface area contributed by atoms with Gasteiger partial charge in [-0.05, 0) is 30.7 Å². The van der Waals surface area contributed by atoms with Crippen LogP contribution in [0.1, 0.15) is 13.3 Å². The number of fused-ring (bicyclic) bond motifs is 1. The Morgan fingerprint density at radius 1 is 0.935 bits per heavy atom. The number of ether oxygens (including phenoxy) is 1. The molecule has 0 radical (unpaired) electrons. The Hall–Kier alpha value is -3.93. The van der Waals surface area contributed by atoms with Gasteiger partial charge in [-0.2, -0.15) is 0 Å². The molecular weight excluding hydrogens is 390 g/mol. The molecule has 0 aliphatic heterocycles. The van der Waals surface area contributed by atoms with Gasteiger partial charge in [-0.25, -0.2) is 9.97 Å². The summed E-state index contributed by atoms with van der Waals surface area (Å²) in [5.41, 5.74) is 3.76. The molecule has 3 aromatic carbocycles. The fraction of sp³-hybridized carbons (Fsp3) is 0.160. The molecule has 156 valence electrons. The predicted octanol–water partition coefficient (Wildman–Crippen LogP) is 5.25. The van der Waals surface area contributed by atoms with Crippen molar-refractivity contribution in [1.29, 1.82) is 0 Å². The van der Waals surface area contributed by atoms with E-state index in [2.05, 4.69) is 10.3 Å². The lowest BCUT2D eigenvalue weighted by molar-refractivity contribution is -0.136. The molecule has 6 heteroatoms. The molecule has 2 N–H and O–H groups in total. The number of hydrogen-bond acceptors (Lipinski definition) is 5. The summed E-state index contributed by atoms with van der Waals surface area (Å²) >= 11 is 0. The normalized spacial score (nSPS) is 10.7. The molecule has 0 saturated carbocycles. The highest BCUT2D eigenvalue weighted by atomic mass is 16.5. The van der Waals surface area contributed by atoms with Gasteiger partial charge in [0.15, 0.2) is 5.82 Å². The smallest absolute Gasteiger partial charge is 0.305 e. The van der Waals surface area contributed by atoms with Crippen LogP contribution < -0.4 is 10.1 Å². The first-order valence-electron chi connectivity index (χ1n) is 10.2. The fourth-order valence-corrected chi connectivity index (χ4v) is 3.41. The van der Waals surface area contributed by atoms with Crippen molar-refractivity contribution in [3.05, 3.63) is 72.8 Å². The van der Waals surface area contributed by atoms with Crippen LogP contribution in [0.2, 0.25) is 0 Å². The number of nitrogens with one attached hydrogen (secondary N) is 1. The van der Waals surface area contributed by atoms with E-state index in [0.717, 1.165) is 33.3 Å². The maximum atomic E-state index is 10.9. The van der Waals surface area contributed by atoms with E-state index in [1.54, 1.807) is 0 Å². The molecule has 0 spiro atoms. The molecular formula is C25H23N3O3. The van der Waals surface area contributed by atoms with E-state index >= 15 is 0 Å². The van der Waals surface area contributed by atoms with E-state index in [1.165, 1.54) is 0 Å². The molecule has 0 aliphatic rings. The minimum absolute atomic E-state index is 0.0155. The van der Waals surface area contributed by atoms with Crippen molar-refractivity contribution in [2.75, 3.05) is 18.5 Å². The Bertz CT molecular complexity index is 1210. The highest BCUT2D eigenvalue weighted by Gasteiger charge is 2.11. The highest BCUT2D eigenvalue weighted by Crippen LogP contribution is 2.32. The molecule has 1 heterocycles. The second kappa shape index (κ2) is 9.26. The molecule has 6 nitrogen and oxygen atoms in total. The topological polar surface area (TPSA) is 84.3 Å². The number of anilines is 1. The van der Waals surface area contributed by atoms with Gasteiger partial charge in [-0.3, -0.25) is 4.79 Å². The van der Waals surface area contributed by atoms with Crippen LogP contribution in [0, 0.1) is 0 Å². The molecule has 0 amide bonds. The zero-order chi connectivity index (χ0) is 21.6. The standard InChI is InChI=1S/C25H23N3O3/c1-2-31-22-10-6-4-7-19(22)17-11-13-18(14-12-17)24-27-21-9-5-3-8-20(21)25(28-24)26-16-15-23(29)30/h3-14H,2,15-16H2,1H3,(H,29,30)(H,26,27,28). The van der Waals surface area contributed by atoms with E-state index in [0.29, 0.717) is 24.8 Å². The second-order valence-electron chi connectivity index (χ2n) is 6.99. The zero-order valence-corrected chi connectivity index (χ0v) is 17.2. The highest BCUT2D eigenvalue weighted by molar-refractivity contribution is 5.90. The number of nitrogens with zero attached hydrogens (tertiary/aromatic N) is 2. The SMILES string of the molecule is CCOc1ccccc1-c1ccc(-c2nc(NCCC(=O)O)c3ccccc3n2)cc1. The van der Waals surface area contributed by atoms with Crippen LogP contribution >= 0.6 is 0 Å². The Morgan fingerprint density at radius 2 is 1.65 bits per heavy atom. The van der Waals surface area contributed by atoms with Crippen LogP contribution in [-0.4, -0.2) is 34.2 Å². The zero-order valence-electron chi connectivity index (χ0n) is 17.2. The van der Waals surface area contributed by atoms with E-state index < -0.39 is 5.97 Å². The number of aliphatic carboxylic acids is 1. The van der Waals surface area contributed by atoms with E-state index in [4.69, 9.17) is 14.8 Å². The number of hydrogen-bond donors (Lipinski definition) is 2. The maximum absolute atomic E-state index is 10.9. The van der Waals surface area contributed by atoms with Gasteiger partial charge in [-0.1, -0.05) is 54.6 Å². The predicted molar refractivity (Wildman–Crippen MR) is 122 cm³/mol. The quantitative estimate of drug-likeness (QED) is 0.410. The molecule has 0 saturated heterocycles. The average molecular weight is 413 g/mol. The summed E-state index contributed by atoms with van der Waals surface area (Å²) in [6, 6.07) is 23.7. The second-order valence-corrected chi connectivity index (χ2v) is 6.99. The van der Waals surface area contributed by atoms with Crippen molar-refractivity contribution in [2.24, 2.45) is 0 Å². The van der Waals surface area contributed by atoms with Crippen LogP contribution in [0.3, 0.4) is 0 Å². The minimum atomic E-state index is -0.853. The van der Waals surface area contributed by atoms with Gasteiger partial charge in [0.1, 0.15) is 11.6 Å². The lowest BCUT2D eigenvalue weighted by atomic mass is 10.0. The third kappa shape index (κ3) is 4.64. The number of rotatable bonds is 8. The van der Waals surface area contributed by atoms with Crippen LogP contribution in [0.25, 0.3) is 33.4 Å². The Kier molecular flexibility index (Phi) is 6.08.